The van der Waals surface area contributed by atoms with Crippen LogP contribution in [0.2, 0.25) is 10.0 Å². The molecule has 0 amide bonds. The van der Waals surface area contributed by atoms with Crippen LogP contribution in [0.4, 0.5) is 4.39 Å². The van der Waals surface area contributed by atoms with Gasteiger partial charge in [0.05, 0.1) is 15.7 Å². The fourth-order valence-corrected chi connectivity index (χ4v) is 1.60. The standard InChI is InChI=1S/C11H7Cl2FN2/c1-6-10(14)11(16-5-15-6)7-2-3-8(12)9(13)4-7/h2-5H,1H3. The SMILES string of the molecule is Cc1ncnc(-c2ccc(Cl)c(Cl)c2)c1F. The van der Waals surface area contributed by atoms with Crippen LogP contribution in [0.5, 0.6) is 0 Å². The van der Waals surface area contributed by atoms with E-state index in [4.69, 9.17) is 23.2 Å². The first-order chi connectivity index (χ1) is 7.59. The van der Waals surface area contributed by atoms with Gasteiger partial charge in [-0.25, -0.2) is 14.4 Å². The lowest BCUT2D eigenvalue weighted by Crippen LogP contribution is -1.95. The normalized spacial score (nSPS) is 10.5. The van der Waals surface area contributed by atoms with Gasteiger partial charge < -0.3 is 0 Å². The van der Waals surface area contributed by atoms with Gasteiger partial charge in [0.15, 0.2) is 5.82 Å². The molecule has 0 saturated heterocycles. The van der Waals surface area contributed by atoms with E-state index in [0.29, 0.717) is 21.3 Å². The van der Waals surface area contributed by atoms with Crippen molar-refractivity contribution in [2.24, 2.45) is 0 Å². The second kappa shape index (κ2) is 4.36. The summed E-state index contributed by atoms with van der Waals surface area (Å²) in [6, 6.07) is 4.85. The highest BCUT2D eigenvalue weighted by atomic mass is 35.5. The molecule has 0 saturated carbocycles. The van der Waals surface area contributed by atoms with Gasteiger partial charge in [-0.05, 0) is 19.1 Å². The van der Waals surface area contributed by atoms with E-state index in [1.54, 1.807) is 25.1 Å². The highest BCUT2D eigenvalue weighted by Crippen LogP contribution is 2.28. The lowest BCUT2D eigenvalue weighted by atomic mass is 10.1. The molecule has 0 aliphatic rings. The minimum Gasteiger partial charge on any atom is -0.239 e. The van der Waals surface area contributed by atoms with Crippen molar-refractivity contribution in [1.82, 2.24) is 9.97 Å². The number of aromatic nitrogens is 2. The molecule has 0 bridgehead atoms. The van der Waals surface area contributed by atoms with Crippen LogP contribution < -0.4 is 0 Å². The third-order valence-electron chi connectivity index (χ3n) is 2.16. The quantitative estimate of drug-likeness (QED) is 0.774. The Labute approximate surface area is 102 Å². The fraction of sp³-hybridized carbons (Fsp3) is 0.0909. The minimum absolute atomic E-state index is 0.228. The van der Waals surface area contributed by atoms with E-state index in [1.165, 1.54) is 6.33 Å². The molecule has 0 aliphatic heterocycles. The van der Waals surface area contributed by atoms with Gasteiger partial charge >= 0.3 is 0 Å². The Balaban J connectivity index is 2.59. The Morgan fingerprint density at radius 2 is 1.88 bits per heavy atom. The first kappa shape index (κ1) is 11.3. The van der Waals surface area contributed by atoms with Crippen LogP contribution in [0.1, 0.15) is 5.69 Å². The summed E-state index contributed by atoms with van der Waals surface area (Å²) in [6.07, 6.45) is 1.32. The first-order valence-electron chi connectivity index (χ1n) is 4.52. The van der Waals surface area contributed by atoms with E-state index in [0.717, 1.165) is 0 Å². The van der Waals surface area contributed by atoms with Gasteiger partial charge in [-0.1, -0.05) is 29.3 Å². The van der Waals surface area contributed by atoms with Gasteiger partial charge in [-0.2, -0.15) is 0 Å². The highest BCUT2D eigenvalue weighted by Gasteiger charge is 2.11. The number of benzene rings is 1. The highest BCUT2D eigenvalue weighted by molar-refractivity contribution is 6.42. The van der Waals surface area contributed by atoms with E-state index < -0.39 is 5.82 Å². The zero-order valence-corrected chi connectivity index (χ0v) is 9.85. The Morgan fingerprint density at radius 1 is 1.12 bits per heavy atom. The first-order valence-corrected chi connectivity index (χ1v) is 5.27. The number of halogens is 3. The van der Waals surface area contributed by atoms with Crippen molar-refractivity contribution in [2.75, 3.05) is 0 Å². The van der Waals surface area contributed by atoms with Crippen LogP contribution in [0.25, 0.3) is 11.3 Å². The van der Waals surface area contributed by atoms with E-state index >= 15 is 0 Å². The fourth-order valence-electron chi connectivity index (χ4n) is 1.30. The van der Waals surface area contributed by atoms with Crippen molar-refractivity contribution in [2.45, 2.75) is 6.92 Å². The third-order valence-corrected chi connectivity index (χ3v) is 2.90. The Kier molecular flexibility index (Phi) is 3.08. The molecule has 0 spiro atoms. The maximum Gasteiger partial charge on any atom is 0.170 e. The molecule has 0 fully saturated rings. The molecule has 0 aliphatic carbocycles. The van der Waals surface area contributed by atoms with Gasteiger partial charge in [0.2, 0.25) is 0 Å². The lowest BCUT2D eigenvalue weighted by Gasteiger charge is -2.05. The molecule has 2 nitrogen and oxygen atoms in total. The van der Waals surface area contributed by atoms with Gasteiger partial charge in [-0.15, -0.1) is 0 Å². The largest absolute Gasteiger partial charge is 0.239 e. The summed E-state index contributed by atoms with van der Waals surface area (Å²) in [4.78, 5) is 7.65. The molecule has 0 N–H and O–H groups in total. The zero-order valence-electron chi connectivity index (χ0n) is 8.34. The van der Waals surface area contributed by atoms with Gasteiger partial charge in [0.25, 0.3) is 0 Å². The van der Waals surface area contributed by atoms with Crippen molar-refractivity contribution >= 4 is 23.2 Å². The van der Waals surface area contributed by atoms with Crippen LogP contribution in [0.3, 0.4) is 0 Å². The summed E-state index contributed by atoms with van der Waals surface area (Å²) in [5.74, 6) is -0.444. The smallest absolute Gasteiger partial charge is 0.170 e. The van der Waals surface area contributed by atoms with Crippen LogP contribution in [-0.4, -0.2) is 9.97 Å². The van der Waals surface area contributed by atoms with Crippen molar-refractivity contribution in [3.8, 4) is 11.3 Å². The average molecular weight is 257 g/mol. The molecule has 1 heterocycles. The van der Waals surface area contributed by atoms with E-state index in [2.05, 4.69) is 9.97 Å². The number of hydrogen-bond acceptors (Lipinski definition) is 2. The van der Waals surface area contributed by atoms with Crippen molar-refractivity contribution < 1.29 is 4.39 Å². The van der Waals surface area contributed by atoms with Crippen molar-refractivity contribution in [3.63, 3.8) is 0 Å². The summed E-state index contributed by atoms with van der Waals surface area (Å²) in [6.45, 7) is 1.58. The molecule has 1 aromatic carbocycles. The second-order valence-corrected chi connectivity index (χ2v) is 4.06. The molecule has 16 heavy (non-hydrogen) atoms. The van der Waals surface area contributed by atoms with E-state index in [1.807, 2.05) is 0 Å². The average Bonchev–Trinajstić information content (AvgIpc) is 2.26. The lowest BCUT2D eigenvalue weighted by molar-refractivity contribution is 0.606. The number of rotatable bonds is 1. The summed E-state index contributed by atoms with van der Waals surface area (Å²) >= 11 is 11.6. The topological polar surface area (TPSA) is 25.8 Å². The predicted molar refractivity (Wildman–Crippen MR) is 62.2 cm³/mol. The van der Waals surface area contributed by atoms with Gasteiger partial charge in [0.1, 0.15) is 12.0 Å². The van der Waals surface area contributed by atoms with E-state index in [9.17, 15) is 4.39 Å². The van der Waals surface area contributed by atoms with Crippen LogP contribution >= 0.6 is 23.2 Å². The molecular weight excluding hydrogens is 250 g/mol. The summed E-state index contributed by atoms with van der Waals surface area (Å²) in [5, 5.41) is 0.798. The predicted octanol–water partition coefficient (Wildman–Crippen LogP) is 3.90. The second-order valence-electron chi connectivity index (χ2n) is 3.25. The molecule has 2 rings (SSSR count). The molecule has 5 heteroatoms. The number of hydrogen-bond donors (Lipinski definition) is 0. The molecular formula is C11H7Cl2FN2. The molecule has 82 valence electrons. The molecule has 0 unspecified atom stereocenters. The van der Waals surface area contributed by atoms with E-state index in [-0.39, 0.29) is 5.69 Å². The summed E-state index contributed by atoms with van der Waals surface area (Å²) < 4.78 is 13.7. The third kappa shape index (κ3) is 2.01. The van der Waals surface area contributed by atoms with Gasteiger partial charge in [-0.3, -0.25) is 0 Å². The van der Waals surface area contributed by atoms with Crippen LogP contribution in [0, 0.1) is 12.7 Å². The Hall–Kier alpha value is -1.19. The van der Waals surface area contributed by atoms with Crippen molar-refractivity contribution in [3.05, 3.63) is 46.1 Å². The molecule has 0 radical (unpaired) electrons. The maximum absolute atomic E-state index is 13.7. The monoisotopic (exact) mass is 256 g/mol. The van der Waals surface area contributed by atoms with Crippen molar-refractivity contribution in [1.29, 1.82) is 0 Å². The molecule has 1 aromatic heterocycles. The molecule has 0 atom stereocenters. The Morgan fingerprint density at radius 3 is 2.56 bits per heavy atom. The summed E-state index contributed by atoms with van der Waals surface area (Å²) in [5.41, 5.74) is 1.11. The minimum atomic E-state index is -0.444. The number of nitrogens with zero attached hydrogens (tertiary/aromatic N) is 2. The van der Waals surface area contributed by atoms with Crippen LogP contribution in [-0.2, 0) is 0 Å². The van der Waals surface area contributed by atoms with Gasteiger partial charge in [0, 0.05) is 5.56 Å². The summed E-state index contributed by atoms with van der Waals surface area (Å²) in [7, 11) is 0. The van der Waals surface area contributed by atoms with Crippen LogP contribution in [0.15, 0.2) is 24.5 Å². The Bertz CT molecular complexity index is 544. The maximum atomic E-state index is 13.7. The number of aryl methyl sites for hydroxylation is 1. The zero-order chi connectivity index (χ0) is 11.7. The molecule has 2 aromatic rings.